The third-order valence-corrected chi connectivity index (χ3v) is 5.28. The Hall–Kier alpha value is -2.82. The Balaban J connectivity index is 1.34. The minimum atomic E-state index is -0.0586. The molecule has 3 aromatic rings. The quantitative estimate of drug-likeness (QED) is 0.567. The summed E-state index contributed by atoms with van der Waals surface area (Å²) in [6.07, 6.45) is 11.8. The van der Waals surface area contributed by atoms with Gasteiger partial charge in [-0.2, -0.15) is 0 Å². The molecule has 1 fully saturated rings. The zero-order chi connectivity index (χ0) is 18.5. The molecule has 4 rings (SSSR count). The van der Waals surface area contributed by atoms with E-state index in [0.29, 0.717) is 18.3 Å². The van der Waals surface area contributed by atoms with Gasteiger partial charge in [-0.15, -0.1) is 0 Å². The van der Waals surface area contributed by atoms with Crippen molar-refractivity contribution in [3.8, 4) is 0 Å². The van der Waals surface area contributed by atoms with Crippen LogP contribution in [0.25, 0.3) is 10.9 Å². The number of carbonyl (C=O) groups is 1. The molecule has 0 radical (unpaired) electrons. The third-order valence-electron chi connectivity index (χ3n) is 5.28. The maximum atomic E-state index is 12.4. The monoisotopic (exact) mass is 362 g/mol. The number of pyridine rings is 1. The lowest BCUT2D eigenvalue weighted by Gasteiger charge is -2.17. The topological polar surface area (TPSA) is 69.8 Å². The average molecular weight is 362 g/mol. The number of amides is 1. The molecule has 0 spiro atoms. The van der Waals surface area contributed by atoms with Gasteiger partial charge in [0, 0.05) is 23.1 Å². The van der Waals surface area contributed by atoms with Crippen LogP contribution in [0.15, 0.2) is 48.8 Å². The fourth-order valence-corrected chi connectivity index (χ4v) is 3.85. The molecule has 1 aliphatic rings. The van der Waals surface area contributed by atoms with E-state index in [2.05, 4.69) is 20.6 Å². The van der Waals surface area contributed by atoms with Crippen molar-refractivity contribution in [3.63, 3.8) is 0 Å². The van der Waals surface area contributed by atoms with Crippen LogP contribution in [0.4, 0.5) is 11.5 Å². The van der Waals surface area contributed by atoms with Crippen LogP contribution in [0, 0.1) is 0 Å². The van der Waals surface area contributed by atoms with Gasteiger partial charge in [0.15, 0.2) is 0 Å². The normalized spacial score (nSPS) is 15.4. The number of H-pyrrole nitrogens is 1. The summed E-state index contributed by atoms with van der Waals surface area (Å²) < 4.78 is 0. The molecule has 5 heteroatoms. The van der Waals surface area contributed by atoms with Crippen molar-refractivity contribution < 1.29 is 4.79 Å². The van der Waals surface area contributed by atoms with E-state index in [-0.39, 0.29) is 5.91 Å². The number of hydrogen-bond donors (Lipinski definition) is 3. The Morgan fingerprint density at radius 1 is 1.07 bits per heavy atom. The molecule has 5 nitrogen and oxygen atoms in total. The third kappa shape index (κ3) is 4.48. The summed E-state index contributed by atoms with van der Waals surface area (Å²) in [6, 6.07) is 12.4. The van der Waals surface area contributed by atoms with Crippen LogP contribution in [-0.2, 0) is 11.2 Å². The van der Waals surface area contributed by atoms with Crippen molar-refractivity contribution in [2.45, 2.75) is 51.0 Å². The number of aromatic amines is 1. The lowest BCUT2D eigenvalue weighted by atomic mass is 10.1. The van der Waals surface area contributed by atoms with E-state index in [0.717, 1.165) is 22.2 Å². The molecule has 27 heavy (non-hydrogen) atoms. The van der Waals surface area contributed by atoms with Gasteiger partial charge in [0.25, 0.3) is 0 Å². The first-order chi connectivity index (χ1) is 13.3. The van der Waals surface area contributed by atoms with Crippen molar-refractivity contribution in [3.05, 3.63) is 54.4 Å². The number of fused-ring (bicyclic) bond motifs is 1. The molecule has 1 aliphatic carbocycles. The molecular formula is C22H26N4O. The summed E-state index contributed by atoms with van der Waals surface area (Å²) >= 11 is 0. The zero-order valence-electron chi connectivity index (χ0n) is 15.5. The summed E-state index contributed by atoms with van der Waals surface area (Å²) in [7, 11) is 0. The molecular weight excluding hydrogens is 336 g/mol. The molecule has 3 N–H and O–H groups in total. The van der Waals surface area contributed by atoms with Crippen molar-refractivity contribution in [1.29, 1.82) is 0 Å². The maximum Gasteiger partial charge on any atom is 0.230 e. The van der Waals surface area contributed by atoms with Crippen LogP contribution >= 0.6 is 0 Å². The Morgan fingerprint density at radius 2 is 1.89 bits per heavy atom. The number of benzene rings is 1. The standard InChI is InChI=1S/C22H26N4O/c27-22(13-16-14-23-20-10-6-5-9-19(16)20)26-21-12-11-18(15-24-21)25-17-7-3-1-2-4-8-17/h5-6,9-12,14-15,17,23,25H,1-4,7-8,13H2,(H,24,26,27). The van der Waals surface area contributed by atoms with Crippen molar-refractivity contribution in [1.82, 2.24) is 9.97 Å². The second kappa shape index (κ2) is 8.25. The first kappa shape index (κ1) is 17.6. The molecule has 2 heterocycles. The number of nitrogens with zero attached hydrogens (tertiary/aromatic N) is 1. The summed E-state index contributed by atoms with van der Waals surface area (Å²) in [4.78, 5) is 20.0. The molecule has 0 saturated heterocycles. The van der Waals surface area contributed by atoms with E-state index >= 15 is 0 Å². The fraction of sp³-hybridized carbons (Fsp3) is 0.364. The predicted molar refractivity (Wildman–Crippen MR) is 110 cm³/mol. The second-order valence-corrected chi connectivity index (χ2v) is 7.35. The first-order valence-electron chi connectivity index (χ1n) is 9.85. The molecule has 1 aromatic carbocycles. The van der Waals surface area contributed by atoms with Gasteiger partial charge in [-0.05, 0) is 36.6 Å². The number of hydrogen-bond acceptors (Lipinski definition) is 3. The van der Waals surface area contributed by atoms with E-state index in [9.17, 15) is 4.79 Å². The van der Waals surface area contributed by atoms with Gasteiger partial charge in [-0.25, -0.2) is 4.98 Å². The minimum absolute atomic E-state index is 0.0586. The number of nitrogens with one attached hydrogen (secondary N) is 3. The molecule has 0 bridgehead atoms. The molecule has 0 aliphatic heterocycles. The lowest BCUT2D eigenvalue weighted by Crippen LogP contribution is -2.18. The Bertz CT molecular complexity index is 892. The molecule has 2 aromatic heterocycles. The number of rotatable bonds is 5. The lowest BCUT2D eigenvalue weighted by molar-refractivity contribution is -0.115. The highest BCUT2D eigenvalue weighted by molar-refractivity contribution is 5.95. The van der Waals surface area contributed by atoms with Gasteiger partial charge in [0.2, 0.25) is 5.91 Å². The molecule has 1 saturated carbocycles. The number of carbonyl (C=O) groups excluding carboxylic acids is 1. The maximum absolute atomic E-state index is 12.4. The molecule has 140 valence electrons. The summed E-state index contributed by atoms with van der Waals surface area (Å²) in [5.74, 6) is 0.531. The number of aromatic nitrogens is 2. The van der Waals surface area contributed by atoms with Crippen LogP contribution < -0.4 is 10.6 Å². The van der Waals surface area contributed by atoms with E-state index in [1.165, 1.54) is 38.5 Å². The summed E-state index contributed by atoms with van der Waals surface area (Å²) in [6.45, 7) is 0. The van der Waals surface area contributed by atoms with Gasteiger partial charge < -0.3 is 15.6 Å². The van der Waals surface area contributed by atoms with Gasteiger partial charge in [-0.3, -0.25) is 4.79 Å². The van der Waals surface area contributed by atoms with Gasteiger partial charge in [-0.1, -0.05) is 43.9 Å². The molecule has 0 atom stereocenters. The first-order valence-corrected chi connectivity index (χ1v) is 9.85. The highest BCUT2D eigenvalue weighted by Gasteiger charge is 2.13. The number of para-hydroxylation sites is 1. The van der Waals surface area contributed by atoms with E-state index < -0.39 is 0 Å². The highest BCUT2D eigenvalue weighted by Crippen LogP contribution is 2.22. The minimum Gasteiger partial charge on any atom is -0.381 e. The van der Waals surface area contributed by atoms with Gasteiger partial charge in [0.05, 0.1) is 18.3 Å². The number of anilines is 2. The second-order valence-electron chi connectivity index (χ2n) is 7.35. The fourth-order valence-electron chi connectivity index (χ4n) is 3.85. The van der Waals surface area contributed by atoms with Crippen LogP contribution in [-0.4, -0.2) is 21.9 Å². The van der Waals surface area contributed by atoms with Crippen LogP contribution in [0.5, 0.6) is 0 Å². The Kier molecular flexibility index (Phi) is 5.37. The SMILES string of the molecule is O=C(Cc1c[nH]c2ccccc12)Nc1ccc(NC2CCCCCC2)cn1. The van der Waals surface area contributed by atoms with Gasteiger partial charge >= 0.3 is 0 Å². The van der Waals surface area contributed by atoms with Crippen molar-refractivity contribution >= 4 is 28.3 Å². The van der Waals surface area contributed by atoms with Crippen molar-refractivity contribution in [2.24, 2.45) is 0 Å². The van der Waals surface area contributed by atoms with Crippen molar-refractivity contribution in [2.75, 3.05) is 10.6 Å². The van der Waals surface area contributed by atoms with E-state index in [4.69, 9.17) is 0 Å². The summed E-state index contributed by atoms with van der Waals surface area (Å²) in [5, 5.41) is 7.56. The highest BCUT2D eigenvalue weighted by atomic mass is 16.1. The molecule has 0 unspecified atom stereocenters. The predicted octanol–water partition coefficient (Wildman–Crippen LogP) is 4.88. The average Bonchev–Trinajstić information content (AvgIpc) is 2.90. The van der Waals surface area contributed by atoms with E-state index in [1.54, 1.807) is 0 Å². The van der Waals surface area contributed by atoms with Gasteiger partial charge in [0.1, 0.15) is 5.82 Å². The van der Waals surface area contributed by atoms with Crippen LogP contribution in [0.1, 0.15) is 44.1 Å². The van der Waals surface area contributed by atoms with Crippen LogP contribution in [0.3, 0.4) is 0 Å². The van der Waals surface area contributed by atoms with E-state index in [1.807, 2.05) is 48.8 Å². The molecule has 1 amide bonds. The van der Waals surface area contributed by atoms with Crippen LogP contribution in [0.2, 0.25) is 0 Å². The smallest absolute Gasteiger partial charge is 0.230 e. The zero-order valence-corrected chi connectivity index (χ0v) is 15.5. The summed E-state index contributed by atoms with van der Waals surface area (Å²) in [5.41, 5.74) is 3.07. The Morgan fingerprint density at radius 3 is 2.67 bits per heavy atom. The Labute approximate surface area is 159 Å². The largest absolute Gasteiger partial charge is 0.381 e.